The minimum atomic E-state index is -0.592. The molecule has 8 heteroatoms. The lowest BCUT2D eigenvalue weighted by Crippen LogP contribution is -2.37. The molecule has 0 radical (unpaired) electrons. The number of benzene rings is 2. The van der Waals surface area contributed by atoms with Crippen LogP contribution in [0.5, 0.6) is 0 Å². The average Bonchev–Trinajstić information content (AvgIpc) is 2.61. The number of ether oxygens (including phenoxy) is 1. The van der Waals surface area contributed by atoms with Crippen molar-refractivity contribution in [1.82, 2.24) is 4.90 Å². The molecule has 0 saturated heterocycles. The van der Waals surface area contributed by atoms with Crippen molar-refractivity contribution in [3.05, 3.63) is 62.7 Å². The van der Waals surface area contributed by atoms with Gasteiger partial charge in [0.2, 0.25) is 5.91 Å². The number of nitrogens with zero attached hydrogens (tertiary/aromatic N) is 1. The van der Waals surface area contributed by atoms with E-state index in [4.69, 9.17) is 16.3 Å². The second-order valence-electron chi connectivity index (χ2n) is 5.36. The first-order valence-electron chi connectivity index (χ1n) is 7.58. The van der Waals surface area contributed by atoms with Crippen LogP contribution in [0.1, 0.15) is 10.4 Å². The number of anilines is 1. The van der Waals surface area contributed by atoms with Crippen LogP contribution in [-0.4, -0.2) is 42.9 Å². The topological polar surface area (TPSA) is 75.7 Å². The van der Waals surface area contributed by atoms with E-state index < -0.39 is 24.4 Å². The van der Waals surface area contributed by atoms with Gasteiger partial charge in [-0.1, -0.05) is 29.8 Å². The maximum Gasteiger partial charge on any atom is 0.338 e. The van der Waals surface area contributed by atoms with E-state index in [1.165, 1.54) is 11.9 Å². The van der Waals surface area contributed by atoms with Crippen molar-refractivity contribution >= 4 is 57.7 Å². The number of esters is 1. The van der Waals surface area contributed by atoms with E-state index in [-0.39, 0.29) is 6.54 Å². The van der Waals surface area contributed by atoms with Crippen molar-refractivity contribution in [2.45, 2.75) is 0 Å². The van der Waals surface area contributed by atoms with Crippen LogP contribution < -0.4 is 5.32 Å². The molecule has 0 spiro atoms. The van der Waals surface area contributed by atoms with Crippen molar-refractivity contribution in [3.8, 4) is 0 Å². The normalized spacial score (nSPS) is 10.1. The average molecular weight is 487 g/mol. The van der Waals surface area contributed by atoms with E-state index in [1.807, 2.05) is 6.07 Å². The van der Waals surface area contributed by atoms with Crippen molar-refractivity contribution in [3.63, 3.8) is 0 Å². The Morgan fingerprint density at radius 1 is 1.15 bits per heavy atom. The molecule has 136 valence electrons. The molecule has 2 aromatic rings. The third-order valence-corrected chi connectivity index (χ3v) is 4.34. The fraction of sp³-hybridized carbons (Fsp3) is 0.167. The van der Waals surface area contributed by atoms with Gasteiger partial charge in [0.1, 0.15) is 0 Å². The van der Waals surface area contributed by atoms with Crippen molar-refractivity contribution in [2.24, 2.45) is 0 Å². The Morgan fingerprint density at radius 2 is 1.88 bits per heavy atom. The molecule has 0 atom stereocenters. The van der Waals surface area contributed by atoms with Gasteiger partial charge in [0, 0.05) is 10.6 Å². The number of rotatable bonds is 6. The molecule has 2 amide bonds. The molecule has 26 heavy (non-hydrogen) atoms. The molecule has 0 aromatic heterocycles. The highest BCUT2D eigenvalue weighted by Gasteiger charge is 2.16. The molecular formula is C18H16ClIN2O4. The van der Waals surface area contributed by atoms with Crippen LogP contribution in [0.3, 0.4) is 0 Å². The molecule has 0 unspecified atom stereocenters. The summed E-state index contributed by atoms with van der Waals surface area (Å²) >= 11 is 8.05. The van der Waals surface area contributed by atoms with Gasteiger partial charge >= 0.3 is 5.97 Å². The summed E-state index contributed by atoms with van der Waals surface area (Å²) in [4.78, 5) is 37.2. The summed E-state index contributed by atoms with van der Waals surface area (Å²) in [5.41, 5.74) is 0.828. The number of amides is 2. The molecule has 2 rings (SSSR count). The number of para-hydroxylation sites is 1. The zero-order valence-corrected chi connectivity index (χ0v) is 16.8. The zero-order valence-electron chi connectivity index (χ0n) is 13.9. The number of hydrogen-bond donors (Lipinski definition) is 1. The summed E-state index contributed by atoms with van der Waals surface area (Å²) in [5, 5.41) is 3.02. The van der Waals surface area contributed by atoms with Gasteiger partial charge in [-0.25, -0.2) is 4.79 Å². The van der Waals surface area contributed by atoms with Gasteiger partial charge in [0.05, 0.1) is 22.8 Å². The molecule has 0 heterocycles. The van der Waals surface area contributed by atoms with E-state index in [1.54, 1.807) is 42.5 Å². The van der Waals surface area contributed by atoms with Gasteiger partial charge in [0.25, 0.3) is 5.91 Å². The van der Waals surface area contributed by atoms with E-state index in [0.717, 1.165) is 3.57 Å². The highest BCUT2D eigenvalue weighted by Crippen LogP contribution is 2.20. The lowest BCUT2D eigenvalue weighted by Gasteiger charge is -2.17. The standard InChI is InChI=1S/C18H16ClIN2O4/c1-22(10-16(23)21-15-8-3-2-7-14(15)19)17(24)11-26-18(25)12-5-4-6-13(20)9-12/h2-9H,10-11H2,1H3,(H,21,23). The Bertz CT molecular complexity index is 828. The molecule has 0 aliphatic carbocycles. The molecule has 0 aliphatic rings. The summed E-state index contributed by atoms with van der Waals surface area (Å²) in [5.74, 6) is -1.48. The van der Waals surface area contributed by atoms with Crippen LogP contribution in [-0.2, 0) is 14.3 Å². The fourth-order valence-electron chi connectivity index (χ4n) is 1.99. The number of halogens is 2. The van der Waals surface area contributed by atoms with Crippen LogP contribution in [0.2, 0.25) is 5.02 Å². The van der Waals surface area contributed by atoms with E-state index in [2.05, 4.69) is 27.9 Å². The molecule has 0 fully saturated rings. The first-order valence-corrected chi connectivity index (χ1v) is 9.03. The smallest absolute Gasteiger partial charge is 0.338 e. The first-order chi connectivity index (χ1) is 12.4. The van der Waals surface area contributed by atoms with Crippen molar-refractivity contribution in [1.29, 1.82) is 0 Å². The third kappa shape index (κ3) is 5.99. The maximum absolute atomic E-state index is 12.0. The largest absolute Gasteiger partial charge is 0.452 e. The summed E-state index contributed by atoms with van der Waals surface area (Å²) in [6.45, 7) is -0.634. The van der Waals surface area contributed by atoms with Gasteiger partial charge in [-0.3, -0.25) is 9.59 Å². The molecule has 0 saturated carbocycles. The predicted molar refractivity (Wildman–Crippen MR) is 107 cm³/mol. The van der Waals surface area contributed by atoms with Crippen LogP contribution in [0.4, 0.5) is 5.69 Å². The lowest BCUT2D eigenvalue weighted by molar-refractivity contribution is -0.136. The van der Waals surface area contributed by atoms with Crippen LogP contribution >= 0.6 is 34.2 Å². The van der Waals surface area contributed by atoms with E-state index in [9.17, 15) is 14.4 Å². The Kier molecular flexibility index (Phi) is 7.40. The second kappa shape index (κ2) is 9.54. The SMILES string of the molecule is CN(CC(=O)Nc1ccccc1Cl)C(=O)COC(=O)c1cccc(I)c1. The Labute approximate surface area is 169 Å². The third-order valence-electron chi connectivity index (χ3n) is 3.34. The fourth-order valence-corrected chi connectivity index (χ4v) is 2.72. The number of carbonyl (C=O) groups is 3. The van der Waals surface area contributed by atoms with Gasteiger partial charge in [-0.05, 0) is 52.9 Å². The Morgan fingerprint density at radius 3 is 2.58 bits per heavy atom. The molecular weight excluding hydrogens is 471 g/mol. The number of likely N-dealkylation sites (N-methyl/N-ethyl adjacent to an activating group) is 1. The number of carbonyl (C=O) groups excluding carboxylic acids is 3. The second-order valence-corrected chi connectivity index (χ2v) is 7.02. The van der Waals surface area contributed by atoms with E-state index >= 15 is 0 Å². The quantitative estimate of drug-likeness (QED) is 0.503. The Hall–Kier alpha value is -2.13. The van der Waals surface area contributed by atoms with Gasteiger partial charge < -0.3 is 15.0 Å². The number of nitrogens with one attached hydrogen (secondary N) is 1. The van der Waals surface area contributed by atoms with Crippen LogP contribution in [0.25, 0.3) is 0 Å². The van der Waals surface area contributed by atoms with Gasteiger partial charge in [0.15, 0.2) is 6.61 Å². The molecule has 6 nitrogen and oxygen atoms in total. The zero-order chi connectivity index (χ0) is 19.1. The summed E-state index contributed by atoms with van der Waals surface area (Å²) in [6, 6.07) is 13.6. The maximum atomic E-state index is 12.0. The monoisotopic (exact) mass is 486 g/mol. The highest BCUT2D eigenvalue weighted by molar-refractivity contribution is 14.1. The molecule has 1 N–H and O–H groups in total. The first kappa shape index (κ1) is 20.2. The summed E-state index contributed by atoms with van der Waals surface area (Å²) in [7, 11) is 1.45. The number of hydrogen-bond acceptors (Lipinski definition) is 4. The van der Waals surface area contributed by atoms with Crippen molar-refractivity contribution in [2.75, 3.05) is 25.5 Å². The minimum Gasteiger partial charge on any atom is -0.452 e. The molecule has 0 aliphatic heterocycles. The van der Waals surface area contributed by atoms with E-state index in [0.29, 0.717) is 16.3 Å². The summed E-state index contributed by atoms with van der Waals surface area (Å²) in [6.07, 6.45) is 0. The minimum absolute atomic E-state index is 0.190. The lowest BCUT2D eigenvalue weighted by atomic mass is 10.2. The molecule has 2 aromatic carbocycles. The Balaban J connectivity index is 1.82. The highest BCUT2D eigenvalue weighted by atomic mass is 127. The summed E-state index contributed by atoms with van der Waals surface area (Å²) < 4.78 is 5.88. The molecule has 0 bridgehead atoms. The van der Waals surface area contributed by atoms with Crippen LogP contribution in [0, 0.1) is 3.57 Å². The van der Waals surface area contributed by atoms with Gasteiger partial charge in [-0.15, -0.1) is 0 Å². The van der Waals surface area contributed by atoms with Gasteiger partial charge in [-0.2, -0.15) is 0 Å². The van der Waals surface area contributed by atoms with Crippen molar-refractivity contribution < 1.29 is 19.1 Å². The van der Waals surface area contributed by atoms with Crippen LogP contribution in [0.15, 0.2) is 48.5 Å². The predicted octanol–water partition coefficient (Wildman–Crippen LogP) is 3.20.